The van der Waals surface area contributed by atoms with Crippen molar-refractivity contribution in [3.8, 4) is 34.0 Å². The summed E-state index contributed by atoms with van der Waals surface area (Å²) in [6.07, 6.45) is 8.30. The van der Waals surface area contributed by atoms with Crippen molar-refractivity contribution in [3.63, 3.8) is 0 Å². The van der Waals surface area contributed by atoms with Gasteiger partial charge in [-0.05, 0) is 35.4 Å². The summed E-state index contributed by atoms with van der Waals surface area (Å²) in [5.41, 5.74) is 6.43. The molecule has 0 fully saturated rings. The largest absolute Gasteiger partial charge is 0.336 e. The zero-order chi connectivity index (χ0) is 26.9. The van der Waals surface area contributed by atoms with Gasteiger partial charge in [0.25, 0.3) is 0 Å². The Bertz CT molecular complexity index is 1950. The van der Waals surface area contributed by atoms with Gasteiger partial charge in [0, 0.05) is 55.2 Å². The molecule has 6 aromatic heterocycles. The number of aromatic nitrogens is 8. The van der Waals surface area contributed by atoms with Crippen LogP contribution < -0.4 is 5.32 Å². The third kappa shape index (κ3) is 4.36. The molecule has 6 heterocycles. The number of H-pyrrole nitrogens is 2. The predicted molar refractivity (Wildman–Crippen MR) is 150 cm³/mol. The van der Waals surface area contributed by atoms with Gasteiger partial charge in [-0.3, -0.25) is 20.1 Å². The Labute approximate surface area is 227 Å². The van der Waals surface area contributed by atoms with E-state index in [1.165, 1.54) is 11.8 Å². The number of hydrogen-bond acceptors (Lipinski definition) is 7. The second kappa shape index (κ2) is 10.1. The van der Waals surface area contributed by atoms with Crippen LogP contribution in [0.3, 0.4) is 0 Å². The van der Waals surface area contributed by atoms with Gasteiger partial charge in [0.1, 0.15) is 22.7 Å². The van der Waals surface area contributed by atoms with E-state index in [-0.39, 0.29) is 5.39 Å². The molecule has 3 N–H and O–H groups in total. The van der Waals surface area contributed by atoms with E-state index in [1.54, 1.807) is 24.8 Å². The zero-order valence-corrected chi connectivity index (χ0v) is 21.1. The smallest absolute Gasteiger partial charge is 0.159 e. The highest BCUT2D eigenvalue weighted by molar-refractivity contribution is 5.96. The number of nitrogens with one attached hydrogen (secondary N) is 3. The van der Waals surface area contributed by atoms with Gasteiger partial charge in [-0.1, -0.05) is 36.4 Å². The van der Waals surface area contributed by atoms with Gasteiger partial charge >= 0.3 is 0 Å². The van der Waals surface area contributed by atoms with E-state index in [1.807, 2.05) is 48.5 Å². The first-order valence-corrected chi connectivity index (χ1v) is 12.7. The number of hydrogen-bond donors (Lipinski definition) is 3. The number of rotatable bonds is 7. The SMILES string of the molecule is Fc1c(-c2cncc(CNCc3ccccc3)c2)cnc2[nH]nc(-c3nc4c(-c5ccccn5)nccc4[nH]3)c12. The predicted octanol–water partition coefficient (Wildman–Crippen LogP) is 5.45. The maximum absolute atomic E-state index is 16.1. The summed E-state index contributed by atoms with van der Waals surface area (Å²) in [5, 5.41) is 10.9. The summed E-state index contributed by atoms with van der Waals surface area (Å²) in [7, 11) is 0. The van der Waals surface area contributed by atoms with Crippen LogP contribution in [-0.4, -0.2) is 40.1 Å². The first-order chi connectivity index (χ1) is 19.7. The van der Waals surface area contributed by atoms with Crippen LogP contribution in [-0.2, 0) is 13.1 Å². The number of imidazole rings is 1. The zero-order valence-electron chi connectivity index (χ0n) is 21.1. The monoisotopic (exact) mass is 527 g/mol. The van der Waals surface area contributed by atoms with Gasteiger partial charge in [-0.25, -0.2) is 14.4 Å². The van der Waals surface area contributed by atoms with Crippen molar-refractivity contribution in [3.05, 3.63) is 109 Å². The lowest BCUT2D eigenvalue weighted by Gasteiger charge is -2.08. The molecular formula is C30H22FN9. The first-order valence-electron chi connectivity index (χ1n) is 12.7. The van der Waals surface area contributed by atoms with Gasteiger partial charge in [-0.15, -0.1) is 0 Å². The Morgan fingerprint density at radius 3 is 2.55 bits per heavy atom. The van der Waals surface area contributed by atoms with Crippen molar-refractivity contribution in [2.45, 2.75) is 13.1 Å². The summed E-state index contributed by atoms with van der Waals surface area (Å²) < 4.78 is 16.1. The van der Waals surface area contributed by atoms with Crippen molar-refractivity contribution in [2.24, 2.45) is 0 Å². The standard InChI is InChI=1S/C30H22FN9/c31-25-21(20-12-19(15-33-16-20)14-32-13-18-6-2-1-3-7-18)17-36-29-24(25)28(39-40-29)30-37-23-9-11-35-26(27(23)38-30)22-8-4-5-10-34-22/h1-12,15-17,32H,13-14H2,(H,37,38)(H,36,39,40). The molecule has 40 heavy (non-hydrogen) atoms. The Morgan fingerprint density at radius 1 is 0.800 bits per heavy atom. The fourth-order valence-corrected chi connectivity index (χ4v) is 4.74. The fraction of sp³-hybridized carbons (Fsp3) is 0.0667. The quantitative estimate of drug-likeness (QED) is 0.252. The number of nitrogens with zero attached hydrogens (tertiary/aromatic N) is 6. The summed E-state index contributed by atoms with van der Waals surface area (Å²) >= 11 is 0. The topological polar surface area (TPSA) is 121 Å². The number of fused-ring (bicyclic) bond motifs is 2. The van der Waals surface area contributed by atoms with Gasteiger partial charge in [0.05, 0.1) is 16.6 Å². The molecule has 0 atom stereocenters. The van der Waals surface area contributed by atoms with E-state index in [9.17, 15) is 0 Å². The summed E-state index contributed by atoms with van der Waals surface area (Å²) in [6.45, 7) is 1.32. The average Bonchev–Trinajstić information content (AvgIpc) is 3.63. The number of pyridine rings is 4. The molecule has 9 nitrogen and oxygen atoms in total. The Morgan fingerprint density at radius 2 is 1.68 bits per heavy atom. The minimum absolute atomic E-state index is 0.247. The lowest BCUT2D eigenvalue weighted by Crippen LogP contribution is -2.12. The molecule has 7 aromatic rings. The van der Waals surface area contributed by atoms with Crippen molar-refractivity contribution >= 4 is 22.1 Å². The van der Waals surface area contributed by atoms with Crippen molar-refractivity contribution < 1.29 is 4.39 Å². The normalized spacial score (nSPS) is 11.4. The van der Waals surface area contributed by atoms with E-state index in [0.29, 0.717) is 51.7 Å². The van der Waals surface area contributed by atoms with Crippen LogP contribution in [0.15, 0.2) is 91.6 Å². The van der Waals surface area contributed by atoms with Crippen LogP contribution in [0.1, 0.15) is 11.1 Å². The second-order valence-electron chi connectivity index (χ2n) is 9.31. The third-order valence-corrected chi connectivity index (χ3v) is 6.67. The highest BCUT2D eigenvalue weighted by atomic mass is 19.1. The first kappa shape index (κ1) is 23.7. The molecule has 1 aromatic carbocycles. The number of benzene rings is 1. The number of halogens is 1. The van der Waals surface area contributed by atoms with Crippen LogP contribution in [0.5, 0.6) is 0 Å². The van der Waals surface area contributed by atoms with E-state index in [4.69, 9.17) is 4.98 Å². The van der Waals surface area contributed by atoms with Crippen LogP contribution in [0, 0.1) is 5.82 Å². The summed E-state index contributed by atoms with van der Waals surface area (Å²) in [5.74, 6) is -0.0465. The minimum atomic E-state index is -0.450. The van der Waals surface area contributed by atoms with Gasteiger partial charge < -0.3 is 10.3 Å². The molecule has 0 radical (unpaired) electrons. The van der Waals surface area contributed by atoms with Crippen LogP contribution in [0.4, 0.5) is 4.39 Å². The summed E-state index contributed by atoms with van der Waals surface area (Å²) in [4.78, 5) is 25.7. The molecule has 0 spiro atoms. The molecule has 0 saturated heterocycles. The Balaban J connectivity index is 1.23. The molecule has 0 bridgehead atoms. The maximum Gasteiger partial charge on any atom is 0.159 e. The molecular weight excluding hydrogens is 505 g/mol. The molecule has 0 aliphatic heterocycles. The van der Waals surface area contributed by atoms with Crippen LogP contribution >= 0.6 is 0 Å². The minimum Gasteiger partial charge on any atom is -0.336 e. The summed E-state index contributed by atoms with van der Waals surface area (Å²) in [6, 6.07) is 19.5. The van der Waals surface area contributed by atoms with E-state index >= 15 is 4.39 Å². The molecule has 0 aliphatic rings. The van der Waals surface area contributed by atoms with Gasteiger partial charge in [-0.2, -0.15) is 5.10 Å². The van der Waals surface area contributed by atoms with E-state index < -0.39 is 5.82 Å². The van der Waals surface area contributed by atoms with E-state index in [2.05, 4.69) is 52.6 Å². The maximum atomic E-state index is 16.1. The Hall–Kier alpha value is -5.35. The lowest BCUT2D eigenvalue weighted by molar-refractivity contribution is 0.642. The van der Waals surface area contributed by atoms with Gasteiger partial charge in [0.2, 0.25) is 0 Å². The average molecular weight is 528 g/mol. The third-order valence-electron chi connectivity index (χ3n) is 6.67. The van der Waals surface area contributed by atoms with Gasteiger partial charge in [0.15, 0.2) is 11.5 Å². The van der Waals surface area contributed by atoms with Crippen molar-refractivity contribution in [1.29, 1.82) is 0 Å². The second-order valence-corrected chi connectivity index (χ2v) is 9.31. The lowest BCUT2D eigenvalue weighted by atomic mass is 10.1. The molecule has 10 heteroatoms. The molecule has 0 unspecified atom stereocenters. The number of aromatic amines is 2. The molecule has 0 saturated carbocycles. The van der Waals surface area contributed by atoms with Crippen molar-refractivity contribution in [1.82, 2.24) is 45.4 Å². The molecule has 0 amide bonds. The van der Waals surface area contributed by atoms with Crippen molar-refractivity contribution in [2.75, 3.05) is 0 Å². The fourth-order valence-electron chi connectivity index (χ4n) is 4.74. The van der Waals surface area contributed by atoms with Crippen LogP contribution in [0.25, 0.3) is 56.1 Å². The highest BCUT2D eigenvalue weighted by Gasteiger charge is 2.21. The van der Waals surface area contributed by atoms with E-state index in [0.717, 1.165) is 17.6 Å². The Kier molecular flexibility index (Phi) is 5.98. The molecule has 0 aliphatic carbocycles. The molecule has 194 valence electrons. The van der Waals surface area contributed by atoms with Crippen LogP contribution in [0.2, 0.25) is 0 Å². The molecule has 7 rings (SSSR count). The highest BCUT2D eigenvalue weighted by Crippen LogP contribution is 2.33.